The van der Waals surface area contributed by atoms with Crippen LogP contribution >= 0.6 is 23.9 Å². The number of halogens is 13. The molecule has 0 amide bonds. The van der Waals surface area contributed by atoms with E-state index in [1.165, 1.54) is 75.6 Å². The van der Waals surface area contributed by atoms with Gasteiger partial charge in [-0.1, -0.05) is 168 Å². The third-order valence-corrected chi connectivity index (χ3v) is 23.4. The summed E-state index contributed by atoms with van der Waals surface area (Å²) >= 11 is 3.50. The summed E-state index contributed by atoms with van der Waals surface area (Å²) in [6, 6.07) is 38.5. The number of nitrogens with zero attached hydrogens (tertiary/aromatic N) is 15. The van der Waals surface area contributed by atoms with E-state index in [0.29, 0.717) is 46.9 Å². The number of aromatic nitrogens is 10. The zero-order valence-corrected chi connectivity index (χ0v) is 65.8. The number of alkyl halides is 12. The van der Waals surface area contributed by atoms with Crippen molar-refractivity contribution < 1.29 is 52.7 Å². The number of benzene rings is 6. The van der Waals surface area contributed by atoms with Crippen molar-refractivity contribution in [2.45, 2.75) is 168 Å². The van der Waals surface area contributed by atoms with Gasteiger partial charge in [0.05, 0.1) is 47.4 Å². The van der Waals surface area contributed by atoms with E-state index >= 15 is 0 Å². The van der Waals surface area contributed by atoms with Gasteiger partial charge in [0.25, 0.3) is 11.9 Å². The minimum atomic E-state index is -4.96. The van der Waals surface area contributed by atoms with Gasteiger partial charge < -0.3 is 24.5 Å². The number of rotatable bonds is 21. The lowest BCUT2D eigenvalue weighted by molar-refractivity contribution is -0.144. The Morgan fingerprint density at radius 1 is 0.459 bits per heavy atom. The molecule has 4 aromatic heterocycles. The predicted molar refractivity (Wildman–Crippen MR) is 413 cm³/mol. The average molecular weight is 1600 g/mol. The molecule has 2 aliphatic carbocycles. The summed E-state index contributed by atoms with van der Waals surface area (Å²) < 4.78 is 165. The van der Waals surface area contributed by atoms with Crippen molar-refractivity contribution in [3.8, 4) is 11.1 Å². The van der Waals surface area contributed by atoms with Crippen molar-refractivity contribution in [2.75, 3.05) is 64.8 Å². The zero-order valence-electron chi connectivity index (χ0n) is 63.3. The molecular formula is C80H93BrF12N15P. The van der Waals surface area contributed by atoms with Crippen molar-refractivity contribution in [3.05, 3.63) is 189 Å². The van der Waals surface area contributed by atoms with Crippen molar-refractivity contribution in [2.24, 2.45) is 25.9 Å². The number of hydrogen-bond acceptors (Lipinski definition) is 13. The molecule has 15 nitrogen and oxygen atoms in total. The molecule has 0 saturated heterocycles. The van der Waals surface area contributed by atoms with Crippen LogP contribution in [0.1, 0.15) is 151 Å². The van der Waals surface area contributed by atoms with Crippen LogP contribution in [0.4, 0.5) is 81.9 Å². The van der Waals surface area contributed by atoms with Crippen LogP contribution < -0.4 is 29.8 Å². The lowest BCUT2D eigenvalue weighted by atomic mass is 10.0. The largest absolute Gasteiger partial charge is 0.416 e. The summed E-state index contributed by atoms with van der Waals surface area (Å²) in [5.74, 6) is 2.56. The maximum Gasteiger partial charge on any atom is 0.416 e. The lowest BCUT2D eigenvalue weighted by Gasteiger charge is -2.42. The van der Waals surface area contributed by atoms with Gasteiger partial charge in [-0.05, 0) is 172 Å². The number of hydrogen-bond donors (Lipinski definition) is 0. The second-order valence-electron chi connectivity index (χ2n) is 30.2. The normalized spacial score (nSPS) is 14.1. The van der Waals surface area contributed by atoms with Crippen LogP contribution in [0.25, 0.3) is 32.9 Å². The first-order valence-electron chi connectivity index (χ1n) is 36.4. The molecule has 2 saturated carbocycles. The van der Waals surface area contributed by atoms with Crippen LogP contribution in [0.15, 0.2) is 144 Å². The lowest BCUT2D eigenvalue weighted by Crippen LogP contribution is -2.32. The molecular weight excluding hydrogens is 1510 g/mol. The molecule has 0 N–H and O–H groups in total. The molecule has 29 heteroatoms. The molecule has 2 aliphatic rings. The van der Waals surface area contributed by atoms with Gasteiger partial charge in [0.1, 0.15) is 11.6 Å². The number of pyridine rings is 2. The molecule has 4 heterocycles. The van der Waals surface area contributed by atoms with Gasteiger partial charge in [0, 0.05) is 98.5 Å². The first-order chi connectivity index (χ1) is 51.2. The minimum Gasteiger partial charge on any atom is -0.378 e. The Morgan fingerprint density at radius 3 is 1.23 bits per heavy atom. The van der Waals surface area contributed by atoms with Gasteiger partial charge in [-0.15, -0.1) is 10.2 Å². The molecule has 584 valence electrons. The Balaban J connectivity index is 0.000000185. The Bertz CT molecular complexity index is 4610. The van der Waals surface area contributed by atoms with Crippen molar-refractivity contribution in [3.63, 3.8) is 0 Å². The Hall–Kier alpha value is -8.65. The van der Waals surface area contributed by atoms with Crippen LogP contribution in [-0.2, 0) is 65.0 Å². The van der Waals surface area contributed by atoms with Gasteiger partial charge in [-0.2, -0.15) is 62.3 Å². The summed E-state index contributed by atoms with van der Waals surface area (Å²) in [5, 5.41) is 28.1. The highest BCUT2D eigenvalue weighted by molar-refractivity contribution is 9.10. The van der Waals surface area contributed by atoms with E-state index in [2.05, 4.69) is 153 Å². The summed E-state index contributed by atoms with van der Waals surface area (Å²) in [6.07, 6.45) is -10.7. The molecule has 0 spiro atoms. The van der Waals surface area contributed by atoms with E-state index in [1.807, 2.05) is 81.4 Å². The fourth-order valence-corrected chi connectivity index (χ4v) is 19.2. The van der Waals surface area contributed by atoms with Crippen LogP contribution in [0, 0.1) is 11.8 Å². The summed E-state index contributed by atoms with van der Waals surface area (Å²) in [4.78, 5) is 21.9. The van der Waals surface area contributed by atoms with E-state index < -0.39 is 47.0 Å². The van der Waals surface area contributed by atoms with Gasteiger partial charge in [0.15, 0.2) is 0 Å². The molecule has 0 bridgehead atoms. The Kier molecular flexibility index (Phi) is 26.1. The number of fused-ring (bicyclic) bond motifs is 2. The molecule has 0 radical (unpaired) electrons. The summed E-state index contributed by atoms with van der Waals surface area (Å²) in [5.41, 5.74) is 0.841. The van der Waals surface area contributed by atoms with E-state index in [9.17, 15) is 52.7 Å². The van der Waals surface area contributed by atoms with Crippen LogP contribution in [-0.4, -0.2) is 101 Å². The highest BCUT2D eigenvalue weighted by atomic mass is 79.9. The molecule has 6 aromatic carbocycles. The number of tetrazole rings is 2. The van der Waals surface area contributed by atoms with Gasteiger partial charge in [0.2, 0.25) is 0 Å². The van der Waals surface area contributed by atoms with E-state index in [-0.39, 0.29) is 69.3 Å². The van der Waals surface area contributed by atoms with E-state index in [4.69, 9.17) is 9.97 Å². The summed E-state index contributed by atoms with van der Waals surface area (Å²) in [7, 11) is 6.67. The van der Waals surface area contributed by atoms with Crippen LogP contribution in [0.2, 0.25) is 0 Å². The van der Waals surface area contributed by atoms with Crippen LogP contribution in [0.5, 0.6) is 0 Å². The maximum absolute atomic E-state index is 13.7. The topological polar surface area (TPSA) is 129 Å². The average Bonchev–Trinajstić information content (AvgIpc) is 1.49. The fourth-order valence-electron chi connectivity index (χ4n) is 14.7. The smallest absolute Gasteiger partial charge is 0.378 e. The van der Waals surface area contributed by atoms with Crippen molar-refractivity contribution in [1.29, 1.82) is 0 Å². The van der Waals surface area contributed by atoms with Gasteiger partial charge >= 0.3 is 24.7 Å². The molecule has 0 atom stereocenters. The molecule has 12 rings (SSSR count). The Morgan fingerprint density at radius 2 is 0.853 bits per heavy atom. The molecule has 109 heavy (non-hydrogen) atoms. The SMILES string of the molecule is CC(C)(C)P(c1ccccc1-c1ccccc1)C(C)(C)C.CCN(CC1CCCC1)c1nc2cc(Br)ccc2cc1CN(Cc1cc(C(F)(F)F)cc(C(F)(F)F)c1)c1nnn(C)n1.CCN(CC1CCCC1)c1nc2cc(N(C)C)ccc2cc1CN(Cc1cc(C(F)(F)F)cc(C(F)(F)F)c1)c1nnn(C)n1. The van der Waals surface area contributed by atoms with Crippen LogP contribution in [0.3, 0.4) is 0 Å². The summed E-state index contributed by atoms with van der Waals surface area (Å²) in [6.45, 7) is 20.8. The highest BCUT2D eigenvalue weighted by Crippen LogP contribution is 2.59. The zero-order chi connectivity index (χ0) is 79.1. The second-order valence-corrected chi connectivity index (χ2v) is 34.9. The minimum absolute atomic E-state index is 0.0640. The standard InChI is InChI=1S/C31H36F6N8.C29H30BrF6N7.C20H27P/c1-5-44(17-20-8-6-7-9-20)28-23(14-22-10-11-26(42(2)3)16-27(22)38-28)19-45(29-39-41-43(4)40-29)18-21-12-24(30(32,33)34)15-25(13-21)31(35,36)37;1-3-42(15-18-6-4-5-7-18)26-21(12-20-8-9-24(30)14-25(20)37-26)17-43(27-38-40-41(2)39-27)16-19-10-22(28(31,32)33)13-23(11-19)29(34,35)36;1-19(2,3)21(20(4,5)6)18-15-11-10-14-17(18)16-12-8-7-9-13-16/h10-16,20H,5-9,17-19H2,1-4H3;8-14,18H,3-7,15-17H2,1-2H3;7-15H,1-6H3. The molecule has 2 fully saturated rings. The van der Waals surface area contributed by atoms with Crippen molar-refractivity contribution >= 4 is 80.2 Å². The third kappa shape index (κ3) is 21.7. The first kappa shape index (κ1) is 82.8. The van der Waals surface area contributed by atoms with E-state index in [1.54, 1.807) is 0 Å². The highest BCUT2D eigenvalue weighted by Gasteiger charge is 2.41. The Labute approximate surface area is 638 Å². The molecule has 0 unspecified atom stereocenters. The van der Waals surface area contributed by atoms with Gasteiger partial charge in [-0.3, -0.25) is 0 Å². The molecule has 0 aliphatic heterocycles. The number of aryl methyl sites for hydroxylation is 2. The fraction of sp³-hybridized carbons (Fsp3) is 0.450. The monoisotopic (exact) mass is 1600 g/mol. The second kappa shape index (κ2) is 34.3. The molecule has 10 aromatic rings. The van der Waals surface area contributed by atoms with Crippen molar-refractivity contribution in [1.82, 2.24) is 50.4 Å². The quantitative estimate of drug-likeness (QED) is 0.0500. The predicted octanol–water partition coefficient (Wildman–Crippen LogP) is 20.9. The van der Waals surface area contributed by atoms with E-state index in [0.717, 1.165) is 106 Å². The maximum atomic E-state index is 13.7. The third-order valence-electron chi connectivity index (χ3n) is 19.4. The number of anilines is 5. The first-order valence-corrected chi connectivity index (χ1v) is 38.5. The van der Waals surface area contributed by atoms with Gasteiger partial charge in [-0.25, -0.2) is 9.97 Å².